The lowest BCUT2D eigenvalue weighted by Crippen LogP contribution is -2.15. The molecule has 0 bridgehead atoms. The Kier molecular flexibility index (Phi) is 5.95. The molecule has 3 nitrogen and oxygen atoms in total. The number of halogens is 2. The van der Waals surface area contributed by atoms with E-state index in [1.165, 1.54) is 0 Å². The summed E-state index contributed by atoms with van der Waals surface area (Å²) < 4.78 is 29.1. The maximum absolute atomic E-state index is 11.3. The minimum atomic E-state index is -2.96. The summed E-state index contributed by atoms with van der Waals surface area (Å²) in [7, 11) is -2.96. The van der Waals surface area contributed by atoms with Crippen molar-refractivity contribution in [2.75, 3.05) is 18.1 Å². The predicted octanol–water partition coefficient (Wildman–Crippen LogP) is 3.16. The van der Waals surface area contributed by atoms with Gasteiger partial charge in [0.25, 0.3) is 0 Å². The van der Waals surface area contributed by atoms with Crippen LogP contribution < -0.4 is 4.74 Å². The van der Waals surface area contributed by atoms with E-state index < -0.39 is 9.84 Å². The summed E-state index contributed by atoms with van der Waals surface area (Å²) in [4.78, 5) is 0. The second-order valence-corrected chi connectivity index (χ2v) is 7.42. The first-order chi connectivity index (χ1) is 7.98. The maximum Gasteiger partial charge on any atom is 0.153 e. The van der Waals surface area contributed by atoms with E-state index in [0.29, 0.717) is 5.33 Å². The smallest absolute Gasteiger partial charge is 0.153 e. The number of hydrogen-bond donors (Lipinski definition) is 0. The van der Waals surface area contributed by atoms with E-state index in [1.807, 2.05) is 18.2 Å². The first-order valence-electron chi connectivity index (χ1n) is 5.16. The van der Waals surface area contributed by atoms with Gasteiger partial charge in [0.2, 0.25) is 0 Å². The van der Waals surface area contributed by atoms with Gasteiger partial charge in [0.1, 0.15) is 12.4 Å². The van der Waals surface area contributed by atoms with E-state index in [9.17, 15) is 8.42 Å². The number of sulfone groups is 1. The number of hydrogen-bond acceptors (Lipinski definition) is 3. The van der Waals surface area contributed by atoms with Gasteiger partial charge in [-0.25, -0.2) is 8.42 Å². The van der Waals surface area contributed by atoms with Crippen LogP contribution in [0.15, 0.2) is 22.7 Å². The largest absolute Gasteiger partial charge is 0.492 e. The Morgan fingerprint density at radius 1 is 1.35 bits per heavy atom. The average Bonchev–Trinajstić information content (AvgIpc) is 2.30. The number of rotatable bonds is 6. The maximum atomic E-state index is 11.3. The molecular formula is C11H14Br2O3S. The molecule has 96 valence electrons. The van der Waals surface area contributed by atoms with Crippen molar-refractivity contribution in [2.24, 2.45) is 0 Å². The lowest BCUT2D eigenvalue weighted by molar-refractivity contribution is 0.338. The molecule has 0 N–H and O–H groups in total. The van der Waals surface area contributed by atoms with Crippen LogP contribution in [0.5, 0.6) is 5.75 Å². The van der Waals surface area contributed by atoms with Crippen molar-refractivity contribution >= 4 is 41.7 Å². The van der Waals surface area contributed by atoms with Gasteiger partial charge in [-0.3, -0.25) is 0 Å². The molecule has 1 rings (SSSR count). The van der Waals surface area contributed by atoms with Gasteiger partial charge in [0.05, 0.1) is 5.75 Å². The topological polar surface area (TPSA) is 43.4 Å². The van der Waals surface area contributed by atoms with Gasteiger partial charge in [-0.15, -0.1) is 0 Å². The van der Waals surface area contributed by atoms with Crippen LogP contribution in [-0.4, -0.2) is 26.5 Å². The summed E-state index contributed by atoms with van der Waals surface area (Å²) in [6.07, 6.45) is 0. The molecule has 1 aromatic carbocycles. The highest BCUT2D eigenvalue weighted by Crippen LogP contribution is 2.25. The average molecular weight is 386 g/mol. The third-order valence-corrected chi connectivity index (χ3v) is 5.02. The molecule has 0 amide bonds. The van der Waals surface area contributed by atoms with E-state index in [1.54, 1.807) is 6.92 Å². The number of benzene rings is 1. The highest BCUT2D eigenvalue weighted by atomic mass is 79.9. The van der Waals surface area contributed by atoms with Gasteiger partial charge >= 0.3 is 0 Å². The second-order valence-electron chi connectivity index (χ2n) is 3.47. The Morgan fingerprint density at radius 2 is 2.06 bits per heavy atom. The number of ether oxygens (including phenoxy) is 1. The van der Waals surface area contributed by atoms with Crippen molar-refractivity contribution in [2.45, 2.75) is 12.3 Å². The molecule has 0 fully saturated rings. The Labute approximate surface area is 119 Å². The monoisotopic (exact) mass is 384 g/mol. The molecule has 0 aliphatic heterocycles. The third kappa shape index (κ3) is 4.97. The molecule has 6 heteroatoms. The van der Waals surface area contributed by atoms with Crippen LogP contribution in [0.4, 0.5) is 0 Å². The van der Waals surface area contributed by atoms with E-state index in [2.05, 4.69) is 31.9 Å². The zero-order chi connectivity index (χ0) is 12.9. The van der Waals surface area contributed by atoms with E-state index >= 15 is 0 Å². The van der Waals surface area contributed by atoms with E-state index in [0.717, 1.165) is 15.8 Å². The Bertz CT molecular complexity index is 472. The quantitative estimate of drug-likeness (QED) is 0.706. The standard InChI is InChI=1S/C11H14Br2O3S/c1-2-17(14,15)6-5-16-11-4-3-10(13)7-9(11)8-12/h3-4,7H,2,5-6,8H2,1H3. The van der Waals surface area contributed by atoms with Crippen molar-refractivity contribution in [3.8, 4) is 5.75 Å². The van der Waals surface area contributed by atoms with Crippen LogP contribution in [-0.2, 0) is 15.2 Å². The van der Waals surface area contributed by atoms with Crippen LogP contribution >= 0.6 is 31.9 Å². The highest BCUT2D eigenvalue weighted by molar-refractivity contribution is 9.10. The van der Waals surface area contributed by atoms with E-state index in [4.69, 9.17) is 4.74 Å². The molecule has 0 heterocycles. The van der Waals surface area contributed by atoms with Crippen LogP contribution in [0, 0.1) is 0 Å². The summed E-state index contributed by atoms with van der Waals surface area (Å²) in [5, 5.41) is 0.669. The fourth-order valence-corrected chi connectivity index (χ4v) is 2.69. The van der Waals surface area contributed by atoms with Crippen molar-refractivity contribution in [3.05, 3.63) is 28.2 Å². The zero-order valence-electron chi connectivity index (χ0n) is 9.45. The van der Waals surface area contributed by atoms with Gasteiger partial charge in [0.15, 0.2) is 9.84 Å². The van der Waals surface area contributed by atoms with Gasteiger partial charge in [-0.05, 0) is 18.2 Å². The normalized spacial score (nSPS) is 11.5. The van der Waals surface area contributed by atoms with Crippen LogP contribution in [0.2, 0.25) is 0 Å². The molecule has 0 aliphatic rings. The first-order valence-corrected chi connectivity index (χ1v) is 8.89. The molecule has 0 unspecified atom stereocenters. The fourth-order valence-electron chi connectivity index (χ4n) is 1.22. The molecule has 1 aromatic rings. The molecule has 0 spiro atoms. The molecule has 0 aliphatic carbocycles. The summed E-state index contributed by atoms with van der Waals surface area (Å²) in [6, 6.07) is 5.65. The second kappa shape index (κ2) is 6.75. The lowest BCUT2D eigenvalue weighted by Gasteiger charge is -2.10. The first kappa shape index (κ1) is 15.0. The Morgan fingerprint density at radius 3 is 2.65 bits per heavy atom. The molecule has 17 heavy (non-hydrogen) atoms. The zero-order valence-corrected chi connectivity index (χ0v) is 13.4. The Hall–Kier alpha value is -0.0700. The van der Waals surface area contributed by atoms with Crippen LogP contribution in [0.1, 0.15) is 12.5 Å². The molecule has 0 saturated heterocycles. The summed E-state index contributed by atoms with van der Waals surface area (Å²) in [5.74, 6) is 0.930. The van der Waals surface area contributed by atoms with Gasteiger partial charge in [-0.1, -0.05) is 38.8 Å². The molecule has 0 saturated carbocycles. The molecule has 0 atom stereocenters. The van der Waals surface area contributed by atoms with Gasteiger partial charge < -0.3 is 4.74 Å². The van der Waals surface area contributed by atoms with Crippen molar-refractivity contribution < 1.29 is 13.2 Å². The van der Waals surface area contributed by atoms with Crippen molar-refractivity contribution in [1.29, 1.82) is 0 Å². The van der Waals surface area contributed by atoms with E-state index in [-0.39, 0.29) is 18.1 Å². The summed E-state index contributed by atoms with van der Waals surface area (Å²) >= 11 is 6.74. The van der Waals surface area contributed by atoms with Gasteiger partial charge in [-0.2, -0.15) is 0 Å². The van der Waals surface area contributed by atoms with Crippen molar-refractivity contribution in [3.63, 3.8) is 0 Å². The highest BCUT2D eigenvalue weighted by Gasteiger charge is 2.09. The summed E-state index contributed by atoms with van der Waals surface area (Å²) in [6.45, 7) is 1.83. The van der Waals surface area contributed by atoms with Crippen molar-refractivity contribution in [1.82, 2.24) is 0 Å². The Balaban J connectivity index is 2.64. The minimum Gasteiger partial charge on any atom is -0.492 e. The van der Waals surface area contributed by atoms with Crippen LogP contribution in [0.25, 0.3) is 0 Å². The predicted molar refractivity (Wildman–Crippen MR) is 76.6 cm³/mol. The van der Waals surface area contributed by atoms with Crippen LogP contribution in [0.3, 0.4) is 0 Å². The molecular weight excluding hydrogens is 372 g/mol. The summed E-state index contributed by atoms with van der Waals surface area (Å²) in [5.41, 5.74) is 0.994. The minimum absolute atomic E-state index is 0.0568. The molecule has 0 aromatic heterocycles. The fraction of sp³-hybridized carbons (Fsp3) is 0.455. The number of alkyl halides is 1. The van der Waals surface area contributed by atoms with Gasteiger partial charge in [0, 0.05) is 21.1 Å². The lowest BCUT2D eigenvalue weighted by atomic mass is 10.2. The third-order valence-electron chi connectivity index (χ3n) is 2.26. The SMILES string of the molecule is CCS(=O)(=O)CCOc1ccc(Br)cc1CBr. The molecule has 0 radical (unpaired) electrons.